The normalized spacial score (nSPS) is 12.5. The summed E-state index contributed by atoms with van der Waals surface area (Å²) in [6.07, 6.45) is 52.2. The van der Waals surface area contributed by atoms with Gasteiger partial charge in [0.05, 0.1) is 0 Å². The lowest BCUT2D eigenvalue weighted by Crippen LogP contribution is -2.30. The zero-order chi connectivity index (χ0) is 46.1. The molecule has 6 heteroatoms. The first-order chi connectivity index (χ1) is 30.8. The van der Waals surface area contributed by atoms with E-state index in [0.29, 0.717) is 19.3 Å². The van der Waals surface area contributed by atoms with E-state index in [-0.39, 0.29) is 31.1 Å². The Morgan fingerprint density at radius 1 is 0.333 bits per heavy atom. The lowest BCUT2D eigenvalue weighted by atomic mass is 9.99. The second-order valence-electron chi connectivity index (χ2n) is 20.3. The van der Waals surface area contributed by atoms with Crippen LogP contribution < -0.4 is 0 Å². The van der Waals surface area contributed by atoms with E-state index in [0.717, 1.165) is 69.6 Å². The molecule has 0 aliphatic carbocycles. The number of esters is 3. The Morgan fingerprint density at radius 2 is 0.603 bits per heavy atom. The molecule has 2 atom stereocenters. The van der Waals surface area contributed by atoms with E-state index in [2.05, 4.69) is 34.6 Å². The highest BCUT2D eigenvalue weighted by molar-refractivity contribution is 5.71. The van der Waals surface area contributed by atoms with E-state index < -0.39 is 6.10 Å². The van der Waals surface area contributed by atoms with Crippen LogP contribution in [-0.2, 0) is 28.6 Å². The molecule has 0 aliphatic rings. The van der Waals surface area contributed by atoms with Crippen molar-refractivity contribution in [2.75, 3.05) is 13.2 Å². The summed E-state index contributed by atoms with van der Waals surface area (Å²) in [5, 5.41) is 0. The van der Waals surface area contributed by atoms with E-state index in [4.69, 9.17) is 14.2 Å². The molecule has 0 spiro atoms. The van der Waals surface area contributed by atoms with Crippen molar-refractivity contribution in [3.63, 3.8) is 0 Å². The second kappa shape index (κ2) is 49.8. The number of hydrogen-bond acceptors (Lipinski definition) is 6. The first-order valence-corrected chi connectivity index (χ1v) is 28.3. The summed E-state index contributed by atoms with van der Waals surface area (Å²) >= 11 is 0. The second-order valence-corrected chi connectivity index (χ2v) is 20.3. The van der Waals surface area contributed by atoms with Gasteiger partial charge in [0.25, 0.3) is 0 Å². The van der Waals surface area contributed by atoms with E-state index in [1.54, 1.807) is 0 Å². The summed E-state index contributed by atoms with van der Waals surface area (Å²) < 4.78 is 16.9. The molecule has 374 valence electrons. The summed E-state index contributed by atoms with van der Waals surface area (Å²) in [6, 6.07) is 0. The SMILES string of the molecule is CCCCCCCCCCCCCCCCC(=O)OC[C@@H](COC(=O)CCCCCCCCCCCCC(C)CC)OC(=O)CCCCCCCCCCCCCCCCC(C)C. The molecule has 0 fully saturated rings. The summed E-state index contributed by atoms with van der Waals surface area (Å²) in [6.45, 7) is 11.4. The summed E-state index contributed by atoms with van der Waals surface area (Å²) in [4.78, 5) is 38.1. The molecule has 0 amide bonds. The minimum Gasteiger partial charge on any atom is -0.462 e. The monoisotopic (exact) mass is 891 g/mol. The van der Waals surface area contributed by atoms with Gasteiger partial charge in [0.2, 0.25) is 0 Å². The predicted molar refractivity (Wildman–Crippen MR) is 270 cm³/mol. The van der Waals surface area contributed by atoms with Gasteiger partial charge in [-0.25, -0.2) is 0 Å². The molecule has 0 aromatic rings. The average molecular weight is 892 g/mol. The zero-order valence-electron chi connectivity index (χ0n) is 43.2. The van der Waals surface area contributed by atoms with Crippen molar-refractivity contribution in [3.8, 4) is 0 Å². The van der Waals surface area contributed by atoms with Crippen molar-refractivity contribution >= 4 is 17.9 Å². The molecule has 0 radical (unpaired) electrons. The van der Waals surface area contributed by atoms with E-state index >= 15 is 0 Å². The minimum atomic E-state index is -0.762. The Bertz CT molecular complexity index is 964. The molecule has 0 aliphatic heterocycles. The number of carbonyl (C=O) groups excluding carboxylic acids is 3. The first kappa shape index (κ1) is 61.4. The van der Waals surface area contributed by atoms with Crippen molar-refractivity contribution in [1.82, 2.24) is 0 Å². The number of hydrogen-bond donors (Lipinski definition) is 0. The molecule has 0 N–H and O–H groups in total. The van der Waals surface area contributed by atoms with Crippen molar-refractivity contribution in [3.05, 3.63) is 0 Å². The predicted octanol–water partition coefficient (Wildman–Crippen LogP) is 18.5. The van der Waals surface area contributed by atoms with Crippen LogP contribution in [0.1, 0.15) is 317 Å². The molecule has 6 nitrogen and oxygen atoms in total. The molecule has 0 aromatic carbocycles. The minimum absolute atomic E-state index is 0.0629. The first-order valence-electron chi connectivity index (χ1n) is 28.3. The van der Waals surface area contributed by atoms with Crippen LogP contribution in [0, 0.1) is 11.8 Å². The van der Waals surface area contributed by atoms with Crippen LogP contribution in [0.3, 0.4) is 0 Å². The molecule has 63 heavy (non-hydrogen) atoms. The fourth-order valence-electron chi connectivity index (χ4n) is 8.66. The van der Waals surface area contributed by atoms with Gasteiger partial charge >= 0.3 is 17.9 Å². The van der Waals surface area contributed by atoms with Crippen LogP contribution in [0.2, 0.25) is 0 Å². The average Bonchev–Trinajstić information content (AvgIpc) is 3.27. The lowest BCUT2D eigenvalue weighted by molar-refractivity contribution is -0.167. The van der Waals surface area contributed by atoms with Crippen molar-refractivity contribution in [1.29, 1.82) is 0 Å². The van der Waals surface area contributed by atoms with Crippen molar-refractivity contribution in [2.45, 2.75) is 323 Å². The van der Waals surface area contributed by atoms with Crippen molar-refractivity contribution < 1.29 is 28.6 Å². The molecule has 1 unspecified atom stereocenters. The third kappa shape index (κ3) is 49.7. The highest BCUT2D eigenvalue weighted by Crippen LogP contribution is 2.18. The van der Waals surface area contributed by atoms with E-state index in [9.17, 15) is 14.4 Å². The largest absolute Gasteiger partial charge is 0.462 e. The Labute approximate surface area is 393 Å². The number of rotatable bonds is 51. The van der Waals surface area contributed by atoms with Gasteiger partial charge in [-0.05, 0) is 31.1 Å². The maximum Gasteiger partial charge on any atom is 0.306 e. The number of carbonyl (C=O) groups is 3. The number of unbranched alkanes of at least 4 members (excludes halogenated alkanes) is 35. The van der Waals surface area contributed by atoms with E-state index in [1.807, 2.05) is 0 Å². The summed E-state index contributed by atoms with van der Waals surface area (Å²) in [5.41, 5.74) is 0. The molecular weight excluding hydrogens is 781 g/mol. The molecule has 0 rings (SSSR count). The molecule has 0 bridgehead atoms. The molecule has 0 aromatic heterocycles. The third-order valence-corrected chi connectivity index (χ3v) is 13.3. The van der Waals surface area contributed by atoms with Gasteiger partial charge in [0.15, 0.2) is 6.10 Å². The molecule has 0 saturated carbocycles. The smallest absolute Gasteiger partial charge is 0.306 e. The van der Waals surface area contributed by atoms with Gasteiger partial charge < -0.3 is 14.2 Å². The summed E-state index contributed by atoms with van der Waals surface area (Å²) in [5.74, 6) is 0.872. The quantitative estimate of drug-likeness (QED) is 0.0344. The van der Waals surface area contributed by atoms with Gasteiger partial charge in [-0.2, -0.15) is 0 Å². The van der Waals surface area contributed by atoms with Crippen LogP contribution >= 0.6 is 0 Å². The Balaban J connectivity index is 4.31. The van der Waals surface area contributed by atoms with E-state index in [1.165, 1.54) is 205 Å². The maximum absolute atomic E-state index is 12.8. The van der Waals surface area contributed by atoms with Crippen molar-refractivity contribution in [2.24, 2.45) is 11.8 Å². The van der Waals surface area contributed by atoms with Crippen LogP contribution in [0.4, 0.5) is 0 Å². The Morgan fingerprint density at radius 3 is 0.905 bits per heavy atom. The maximum atomic E-state index is 12.8. The van der Waals surface area contributed by atoms with Crippen LogP contribution in [-0.4, -0.2) is 37.2 Å². The topological polar surface area (TPSA) is 78.9 Å². The highest BCUT2D eigenvalue weighted by Gasteiger charge is 2.19. The van der Waals surface area contributed by atoms with Gasteiger partial charge in [0.1, 0.15) is 13.2 Å². The fraction of sp³-hybridized carbons (Fsp3) is 0.947. The van der Waals surface area contributed by atoms with Gasteiger partial charge in [-0.3, -0.25) is 14.4 Å². The molecular formula is C57H110O6. The highest BCUT2D eigenvalue weighted by atomic mass is 16.6. The number of ether oxygens (including phenoxy) is 3. The third-order valence-electron chi connectivity index (χ3n) is 13.3. The van der Waals surface area contributed by atoms with Gasteiger partial charge in [-0.1, -0.05) is 279 Å². The fourth-order valence-corrected chi connectivity index (χ4v) is 8.66. The molecule has 0 saturated heterocycles. The Kier molecular flexibility index (Phi) is 48.6. The summed E-state index contributed by atoms with van der Waals surface area (Å²) in [7, 11) is 0. The standard InChI is InChI=1S/C57H110O6/c1-6-8-9-10-11-12-13-14-18-21-27-32-37-42-47-55(58)61-50-54(51-62-56(59)48-43-38-33-28-24-23-26-31-36-41-46-53(5)7-2)63-57(60)49-44-39-34-29-22-19-16-15-17-20-25-30-35-40-45-52(3)4/h52-54H,6-51H2,1-5H3/t53?,54-/m0/s1. The van der Waals surface area contributed by atoms with Gasteiger partial charge in [-0.15, -0.1) is 0 Å². The zero-order valence-corrected chi connectivity index (χ0v) is 43.2. The van der Waals surface area contributed by atoms with Gasteiger partial charge in [0, 0.05) is 19.3 Å². The van der Waals surface area contributed by atoms with Crippen LogP contribution in [0.25, 0.3) is 0 Å². The molecule has 0 heterocycles. The Hall–Kier alpha value is -1.59. The lowest BCUT2D eigenvalue weighted by Gasteiger charge is -2.18. The van der Waals surface area contributed by atoms with Crippen LogP contribution in [0.5, 0.6) is 0 Å². The van der Waals surface area contributed by atoms with Crippen LogP contribution in [0.15, 0.2) is 0 Å².